The number of hydrogen-bond acceptors (Lipinski definition) is 2. The molecule has 1 aliphatic carbocycles. The summed E-state index contributed by atoms with van der Waals surface area (Å²) < 4.78 is 14.9. The maximum atomic E-state index is 14.1. The minimum absolute atomic E-state index is 0.0356. The van der Waals surface area contributed by atoms with Crippen molar-refractivity contribution in [3.05, 3.63) is 34.1 Å². The molecule has 1 aromatic carbocycles. The van der Waals surface area contributed by atoms with E-state index in [1.165, 1.54) is 25.3 Å². The average Bonchev–Trinajstić information content (AvgIpc) is 2.95. The molecule has 2 aliphatic rings. The van der Waals surface area contributed by atoms with Crippen molar-refractivity contribution in [2.45, 2.75) is 31.3 Å². The number of likely N-dealkylation sites (tertiary alicyclic amines) is 1. The van der Waals surface area contributed by atoms with E-state index < -0.39 is 0 Å². The molecule has 3 unspecified atom stereocenters. The van der Waals surface area contributed by atoms with E-state index in [0.29, 0.717) is 12.6 Å². The molecule has 2 fully saturated rings. The van der Waals surface area contributed by atoms with Gasteiger partial charge in [-0.05, 0) is 37.3 Å². The van der Waals surface area contributed by atoms with Crippen molar-refractivity contribution in [1.82, 2.24) is 4.90 Å². The molecule has 1 saturated carbocycles. The first kappa shape index (κ1) is 12.6. The van der Waals surface area contributed by atoms with Crippen molar-refractivity contribution in [2.24, 2.45) is 11.7 Å². The number of halogens is 2. The van der Waals surface area contributed by atoms with Gasteiger partial charge in [-0.25, -0.2) is 4.39 Å². The fourth-order valence-corrected chi connectivity index (χ4v) is 3.89. The highest BCUT2D eigenvalue weighted by molar-refractivity contribution is 9.10. The van der Waals surface area contributed by atoms with Crippen LogP contribution >= 0.6 is 15.9 Å². The fourth-order valence-electron chi connectivity index (χ4n) is 3.56. The van der Waals surface area contributed by atoms with Crippen LogP contribution < -0.4 is 5.73 Å². The Morgan fingerprint density at radius 1 is 1.44 bits per heavy atom. The van der Waals surface area contributed by atoms with Gasteiger partial charge in [0, 0.05) is 29.2 Å². The summed E-state index contributed by atoms with van der Waals surface area (Å²) in [7, 11) is 0. The van der Waals surface area contributed by atoms with E-state index in [-0.39, 0.29) is 11.9 Å². The lowest BCUT2D eigenvalue weighted by molar-refractivity contribution is 0.150. The number of benzene rings is 1. The second-order valence-electron chi connectivity index (χ2n) is 5.45. The van der Waals surface area contributed by atoms with E-state index >= 15 is 0 Å². The van der Waals surface area contributed by atoms with E-state index in [1.807, 2.05) is 12.1 Å². The van der Waals surface area contributed by atoms with Crippen LogP contribution in [0.15, 0.2) is 22.7 Å². The van der Waals surface area contributed by atoms with Crippen LogP contribution in [0.5, 0.6) is 0 Å². The van der Waals surface area contributed by atoms with Gasteiger partial charge in [0.1, 0.15) is 5.82 Å². The molecule has 1 heterocycles. The molecule has 0 radical (unpaired) electrons. The van der Waals surface area contributed by atoms with Crippen LogP contribution in [0.4, 0.5) is 4.39 Å². The molecule has 2 nitrogen and oxygen atoms in total. The lowest BCUT2D eigenvalue weighted by Gasteiger charge is -2.34. The Bertz CT molecular complexity index is 451. The lowest BCUT2D eigenvalue weighted by Crippen LogP contribution is -2.39. The maximum Gasteiger partial charge on any atom is 0.129 e. The van der Waals surface area contributed by atoms with Crippen LogP contribution in [0.1, 0.15) is 30.9 Å². The SMILES string of the molecule is NCC(c1ccc(Br)cc1F)N1CC2CCC1C2. The number of hydrogen-bond donors (Lipinski definition) is 1. The molecule has 2 N–H and O–H groups in total. The Morgan fingerprint density at radius 2 is 2.28 bits per heavy atom. The highest BCUT2D eigenvalue weighted by atomic mass is 79.9. The first-order valence-corrected chi connectivity index (χ1v) is 7.39. The number of rotatable bonds is 3. The van der Waals surface area contributed by atoms with Crippen LogP contribution in [0.2, 0.25) is 0 Å². The molecule has 0 amide bonds. The second kappa shape index (κ2) is 4.91. The molecular formula is C14H18BrFN2. The minimum Gasteiger partial charge on any atom is -0.329 e. The van der Waals surface area contributed by atoms with Crippen molar-refractivity contribution in [3.63, 3.8) is 0 Å². The normalized spacial score (nSPS) is 28.8. The molecule has 1 saturated heterocycles. The maximum absolute atomic E-state index is 14.1. The van der Waals surface area contributed by atoms with E-state index in [9.17, 15) is 4.39 Å². The van der Waals surface area contributed by atoms with Crippen LogP contribution in [0.25, 0.3) is 0 Å². The predicted molar refractivity (Wildman–Crippen MR) is 73.7 cm³/mol. The van der Waals surface area contributed by atoms with Gasteiger partial charge in [0.25, 0.3) is 0 Å². The zero-order chi connectivity index (χ0) is 12.7. The molecule has 3 rings (SSSR count). The van der Waals surface area contributed by atoms with Crippen LogP contribution in [-0.2, 0) is 0 Å². The average molecular weight is 313 g/mol. The van der Waals surface area contributed by atoms with Crippen molar-refractivity contribution >= 4 is 15.9 Å². The van der Waals surface area contributed by atoms with Crippen molar-refractivity contribution in [3.8, 4) is 0 Å². The molecular weight excluding hydrogens is 295 g/mol. The molecule has 1 aliphatic heterocycles. The molecule has 98 valence electrons. The third-order valence-corrected chi connectivity index (χ3v) is 4.89. The lowest BCUT2D eigenvalue weighted by atomic mass is 10.0. The Balaban J connectivity index is 1.88. The molecule has 0 spiro atoms. The van der Waals surface area contributed by atoms with E-state index in [4.69, 9.17) is 5.73 Å². The zero-order valence-electron chi connectivity index (χ0n) is 10.3. The second-order valence-corrected chi connectivity index (χ2v) is 6.36. The third-order valence-electron chi connectivity index (χ3n) is 4.40. The van der Waals surface area contributed by atoms with Crippen LogP contribution in [-0.4, -0.2) is 24.0 Å². The van der Waals surface area contributed by atoms with Gasteiger partial charge in [-0.3, -0.25) is 4.90 Å². The Hall–Kier alpha value is -0.450. The van der Waals surface area contributed by atoms with Gasteiger partial charge < -0.3 is 5.73 Å². The van der Waals surface area contributed by atoms with E-state index in [1.54, 1.807) is 0 Å². The van der Waals surface area contributed by atoms with Gasteiger partial charge in [0.05, 0.1) is 6.04 Å². The topological polar surface area (TPSA) is 29.3 Å². The molecule has 2 bridgehead atoms. The minimum atomic E-state index is -0.150. The number of fused-ring (bicyclic) bond motifs is 2. The number of nitrogens with zero attached hydrogens (tertiary/aromatic N) is 1. The summed E-state index contributed by atoms with van der Waals surface area (Å²) in [5.74, 6) is 0.658. The summed E-state index contributed by atoms with van der Waals surface area (Å²) in [6, 6.07) is 5.95. The van der Waals surface area contributed by atoms with Crippen LogP contribution in [0.3, 0.4) is 0 Å². The van der Waals surface area contributed by atoms with Gasteiger partial charge in [0.15, 0.2) is 0 Å². The molecule has 3 atom stereocenters. The summed E-state index contributed by atoms with van der Waals surface area (Å²) in [6.45, 7) is 1.57. The van der Waals surface area contributed by atoms with Crippen molar-refractivity contribution < 1.29 is 4.39 Å². The molecule has 4 heteroatoms. The highest BCUT2D eigenvalue weighted by Crippen LogP contribution is 2.42. The van der Waals surface area contributed by atoms with Gasteiger partial charge >= 0.3 is 0 Å². The van der Waals surface area contributed by atoms with E-state index in [2.05, 4.69) is 20.8 Å². The smallest absolute Gasteiger partial charge is 0.129 e. The van der Waals surface area contributed by atoms with E-state index in [0.717, 1.165) is 22.5 Å². The first-order chi connectivity index (χ1) is 8.69. The Kier molecular flexibility index (Phi) is 3.43. The van der Waals surface area contributed by atoms with Gasteiger partial charge in [-0.2, -0.15) is 0 Å². The Morgan fingerprint density at radius 3 is 2.83 bits per heavy atom. The summed E-state index contributed by atoms with van der Waals surface area (Å²) in [4.78, 5) is 2.42. The first-order valence-electron chi connectivity index (χ1n) is 6.60. The summed E-state index contributed by atoms with van der Waals surface area (Å²) in [5, 5.41) is 0. The summed E-state index contributed by atoms with van der Waals surface area (Å²) >= 11 is 3.30. The molecule has 18 heavy (non-hydrogen) atoms. The standard InChI is InChI=1S/C14H18BrFN2/c15-10-2-4-12(13(16)6-10)14(7-17)18-8-9-1-3-11(18)5-9/h2,4,6,9,11,14H,1,3,5,7-8,17H2. The van der Waals surface area contributed by atoms with Gasteiger partial charge in [-0.1, -0.05) is 22.0 Å². The summed E-state index contributed by atoms with van der Waals surface area (Å²) in [6.07, 6.45) is 3.86. The number of piperidine rings is 1. The highest BCUT2D eigenvalue weighted by Gasteiger charge is 2.41. The van der Waals surface area contributed by atoms with Crippen LogP contribution in [0, 0.1) is 11.7 Å². The molecule has 1 aromatic rings. The van der Waals surface area contributed by atoms with Crippen molar-refractivity contribution in [1.29, 1.82) is 0 Å². The zero-order valence-corrected chi connectivity index (χ0v) is 11.9. The molecule has 0 aromatic heterocycles. The quantitative estimate of drug-likeness (QED) is 0.929. The monoisotopic (exact) mass is 312 g/mol. The van der Waals surface area contributed by atoms with Gasteiger partial charge in [-0.15, -0.1) is 0 Å². The predicted octanol–water partition coefficient (Wildman–Crippen LogP) is 3.07. The Labute approximate surface area is 115 Å². The number of nitrogens with two attached hydrogens (primary N) is 1. The summed E-state index contributed by atoms with van der Waals surface area (Å²) in [5.41, 5.74) is 6.65. The largest absolute Gasteiger partial charge is 0.329 e. The fraction of sp³-hybridized carbons (Fsp3) is 0.571. The third kappa shape index (κ3) is 2.10. The van der Waals surface area contributed by atoms with Crippen molar-refractivity contribution in [2.75, 3.05) is 13.1 Å². The van der Waals surface area contributed by atoms with Gasteiger partial charge in [0.2, 0.25) is 0 Å².